The molecule has 108 valence electrons. The zero-order valence-electron chi connectivity index (χ0n) is 12.4. The van der Waals surface area contributed by atoms with Crippen LogP contribution in [0.15, 0.2) is 18.2 Å². The van der Waals surface area contributed by atoms with Gasteiger partial charge in [0.25, 0.3) is 0 Å². The maximum atomic E-state index is 6.08. The third-order valence-electron chi connectivity index (χ3n) is 3.90. The molecule has 2 unspecified atom stereocenters. The van der Waals surface area contributed by atoms with Crippen molar-refractivity contribution in [2.45, 2.75) is 58.9 Å². The van der Waals surface area contributed by atoms with Gasteiger partial charge in [0.15, 0.2) is 0 Å². The van der Waals surface area contributed by atoms with Gasteiger partial charge in [-0.3, -0.25) is 11.3 Å². The van der Waals surface area contributed by atoms with Crippen LogP contribution >= 0.6 is 11.6 Å². The number of rotatable bonds is 8. The van der Waals surface area contributed by atoms with Crippen LogP contribution in [0, 0.1) is 12.8 Å². The molecule has 0 aliphatic carbocycles. The Balaban J connectivity index is 2.72. The Morgan fingerprint density at radius 2 is 2.05 bits per heavy atom. The van der Waals surface area contributed by atoms with Crippen molar-refractivity contribution in [1.29, 1.82) is 0 Å². The molecular weight excluding hydrogens is 256 g/mol. The SMILES string of the molecule is CCCCC(CC)CC(NN)c1ccc(Cl)c(C)c1. The second-order valence-corrected chi connectivity index (χ2v) is 5.79. The Morgan fingerprint density at radius 3 is 2.58 bits per heavy atom. The van der Waals surface area contributed by atoms with E-state index in [-0.39, 0.29) is 6.04 Å². The number of nitrogens with two attached hydrogens (primary N) is 1. The largest absolute Gasteiger partial charge is 0.271 e. The monoisotopic (exact) mass is 282 g/mol. The summed E-state index contributed by atoms with van der Waals surface area (Å²) in [5.74, 6) is 6.47. The third-order valence-corrected chi connectivity index (χ3v) is 4.32. The molecule has 0 aromatic heterocycles. The average Bonchev–Trinajstić information content (AvgIpc) is 2.42. The highest BCUT2D eigenvalue weighted by molar-refractivity contribution is 6.31. The fourth-order valence-corrected chi connectivity index (χ4v) is 2.62. The van der Waals surface area contributed by atoms with Crippen molar-refractivity contribution in [2.24, 2.45) is 11.8 Å². The molecule has 0 saturated carbocycles. The molecule has 0 aliphatic rings. The molecule has 0 aliphatic heterocycles. The summed E-state index contributed by atoms with van der Waals surface area (Å²) in [6.45, 7) is 6.54. The van der Waals surface area contributed by atoms with Gasteiger partial charge in [0.05, 0.1) is 0 Å². The highest BCUT2D eigenvalue weighted by Gasteiger charge is 2.16. The van der Waals surface area contributed by atoms with Gasteiger partial charge in [-0.05, 0) is 36.5 Å². The highest BCUT2D eigenvalue weighted by atomic mass is 35.5. The Morgan fingerprint density at radius 1 is 1.32 bits per heavy atom. The number of benzene rings is 1. The van der Waals surface area contributed by atoms with E-state index in [4.69, 9.17) is 17.4 Å². The molecule has 0 amide bonds. The van der Waals surface area contributed by atoms with Crippen LogP contribution < -0.4 is 11.3 Å². The maximum Gasteiger partial charge on any atom is 0.0462 e. The quantitative estimate of drug-likeness (QED) is 0.533. The van der Waals surface area contributed by atoms with Gasteiger partial charge in [0, 0.05) is 11.1 Å². The van der Waals surface area contributed by atoms with Crippen LogP contribution in [0.1, 0.15) is 63.1 Å². The van der Waals surface area contributed by atoms with Crippen LogP contribution in [-0.2, 0) is 0 Å². The lowest BCUT2D eigenvalue weighted by molar-refractivity contribution is 0.356. The molecule has 1 rings (SSSR count). The van der Waals surface area contributed by atoms with Crippen molar-refractivity contribution in [3.63, 3.8) is 0 Å². The van der Waals surface area contributed by atoms with Crippen molar-refractivity contribution >= 4 is 11.6 Å². The van der Waals surface area contributed by atoms with Gasteiger partial charge in [-0.25, -0.2) is 0 Å². The summed E-state index contributed by atoms with van der Waals surface area (Å²) in [6, 6.07) is 6.40. The van der Waals surface area contributed by atoms with Crippen LogP contribution in [0.2, 0.25) is 5.02 Å². The number of aryl methyl sites for hydroxylation is 1. The maximum absolute atomic E-state index is 6.08. The summed E-state index contributed by atoms with van der Waals surface area (Å²) < 4.78 is 0. The van der Waals surface area contributed by atoms with Gasteiger partial charge in [0.1, 0.15) is 0 Å². The zero-order chi connectivity index (χ0) is 14.3. The van der Waals surface area contributed by atoms with Gasteiger partial charge in [-0.1, -0.05) is 63.3 Å². The summed E-state index contributed by atoms with van der Waals surface area (Å²) in [5.41, 5.74) is 5.31. The summed E-state index contributed by atoms with van der Waals surface area (Å²) in [5, 5.41) is 0.817. The molecule has 19 heavy (non-hydrogen) atoms. The Labute approximate surface area is 122 Å². The molecule has 0 saturated heterocycles. The first kappa shape index (κ1) is 16.5. The van der Waals surface area contributed by atoms with Crippen molar-refractivity contribution in [1.82, 2.24) is 5.43 Å². The first-order chi connectivity index (χ1) is 9.12. The molecule has 0 spiro atoms. The molecule has 2 atom stereocenters. The zero-order valence-corrected chi connectivity index (χ0v) is 13.1. The normalized spacial score (nSPS) is 14.4. The van der Waals surface area contributed by atoms with Crippen LogP contribution in [0.5, 0.6) is 0 Å². The summed E-state index contributed by atoms with van der Waals surface area (Å²) >= 11 is 6.08. The van der Waals surface area contributed by atoms with E-state index >= 15 is 0 Å². The second-order valence-electron chi connectivity index (χ2n) is 5.38. The Kier molecular flexibility index (Phi) is 7.44. The van der Waals surface area contributed by atoms with Crippen molar-refractivity contribution in [2.75, 3.05) is 0 Å². The number of nitrogens with one attached hydrogen (secondary N) is 1. The van der Waals surface area contributed by atoms with E-state index in [1.165, 1.54) is 31.2 Å². The van der Waals surface area contributed by atoms with Gasteiger partial charge in [-0.2, -0.15) is 0 Å². The summed E-state index contributed by atoms with van der Waals surface area (Å²) in [4.78, 5) is 0. The molecule has 0 radical (unpaired) electrons. The lowest BCUT2D eigenvalue weighted by atomic mass is 9.89. The predicted molar refractivity (Wildman–Crippen MR) is 84.2 cm³/mol. The van der Waals surface area contributed by atoms with Crippen molar-refractivity contribution in [3.8, 4) is 0 Å². The van der Waals surface area contributed by atoms with Crippen LogP contribution in [0.25, 0.3) is 0 Å². The molecule has 0 fully saturated rings. The van der Waals surface area contributed by atoms with E-state index in [2.05, 4.69) is 31.4 Å². The molecule has 2 nitrogen and oxygen atoms in total. The van der Waals surface area contributed by atoms with Crippen molar-refractivity contribution in [3.05, 3.63) is 34.3 Å². The lowest BCUT2D eigenvalue weighted by Crippen LogP contribution is -2.29. The third kappa shape index (κ3) is 5.13. The molecule has 1 aromatic carbocycles. The van der Waals surface area contributed by atoms with Crippen molar-refractivity contribution < 1.29 is 0 Å². The van der Waals surface area contributed by atoms with E-state index in [0.717, 1.165) is 22.9 Å². The van der Waals surface area contributed by atoms with Gasteiger partial charge < -0.3 is 0 Å². The Bertz CT molecular complexity index is 379. The summed E-state index contributed by atoms with van der Waals surface area (Å²) in [6.07, 6.45) is 6.16. The van der Waals surface area contributed by atoms with Crippen LogP contribution in [-0.4, -0.2) is 0 Å². The number of hydrogen-bond donors (Lipinski definition) is 2. The van der Waals surface area contributed by atoms with E-state index in [1.807, 2.05) is 13.0 Å². The number of hydrazine groups is 1. The van der Waals surface area contributed by atoms with E-state index in [0.29, 0.717) is 0 Å². The Hall–Kier alpha value is -0.570. The van der Waals surface area contributed by atoms with Gasteiger partial charge in [0.2, 0.25) is 0 Å². The first-order valence-electron chi connectivity index (χ1n) is 7.34. The minimum absolute atomic E-state index is 0.220. The van der Waals surface area contributed by atoms with Crippen LogP contribution in [0.4, 0.5) is 0 Å². The molecule has 0 heterocycles. The predicted octanol–water partition coefficient (Wildman–Crippen LogP) is 4.76. The second kappa shape index (κ2) is 8.57. The van der Waals surface area contributed by atoms with E-state index in [1.54, 1.807) is 0 Å². The fourth-order valence-electron chi connectivity index (χ4n) is 2.50. The van der Waals surface area contributed by atoms with Gasteiger partial charge in [-0.15, -0.1) is 0 Å². The van der Waals surface area contributed by atoms with Gasteiger partial charge >= 0.3 is 0 Å². The number of unbranched alkanes of at least 4 members (excludes halogenated alkanes) is 1. The summed E-state index contributed by atoms with van der Waals surface area (Å²) in [7, 11) is 0. The topological polar surface area (TPSA) is 38.0 Å². The number of halogens is 1. The molecule has 0 bridgehead atoms. The molecule has 1 aromatic rings. The van der Waals surface area contributed by atoms with E-state index in [9.17, 15) is 0 Å². The fraction of sp³-hybridized carbons (Fsp3) is 0.625. The number of hydrogen-bond acceptors (Lipinski definition) is 2. The average molecular weight is 283 g/mol. The highest BCUT2D eigenvalue weighted by Crippen LogP contribution is 2.28. The first-order valence-corrected chi connectivity index (χ1v) is 7.72. The lowest BCUT2D eigenvalue weighted by Gasteiger charge is -2.23. The van der Waals surface area contributed by atoms with E-state index < -0.39 is 0 Å². The standard InChI is InChI=1S/C16H27ClN2/c1-4-6-7-13(5-2)11-16(19-18)14-8-9-15(17)12(3)10-14/h8-10,13,16,19H,4-7,11,18H2,1-3H3. The molecule has 3 heteroatoms. The molecule has 3 N–H and O–H groups in total. The minimum Gasteiger partial charge on any atom is -0.271 e. The molecular formula is C16H27ClN2. The van der Waals surface area contributed by atoms with Crippen LogP contribution in [0.3, 0.4) is 0 Å². The minimum atomic E-state index is 0.220. The smallest absolute Gasteiger partial charge is 0.0462 e.